The largest absolute Gasteiger partial charge is 0.502 e. The first-order valence-corrected chi connectivity index (χ1v) is 15.6. The van der Waals surface area contributed by atoms with Crippen LogP contribution in [0.2, 0.25) is 0 Å². The van der Waals surface area contributed by atoms with Crippen molar-refractivity contribution in [2.75, 3.05) is 7.11 Å². The summed E-state index contributed by atoms with van der Waals surface area (Å²) in [5.74, 6) is 0.962. The van der Waals surface area contributed by atoms with Crippen molar-refractivity contribution in [1.29, 1.82) is 0 Å². The van der Waals surface area contributed by atoms with Gasteiger partial charge in [0.1, 0.15) is 30.8 Å². The molecule has 5 aromatic carbocycles. The number of hydrogen-bond acceptors (Lipinski definition) is 8. The molecule has 0 radical (unpaired) electrons. The summed E-state index contributed by atoms with van der Waals surface area (Å²) >= 11 is 0. The van der Waals surface area contributed by atoms with Crippen molar-refractivity contribution >= 4 is 11.0 Å². The van der Waals surface area contributed by atoms with Crippen LogP contribution in [0.25, 0.3) is 22.3 Å². The molecule has 0 fully saturated rings. The second-order valence-corrected chi connectivity index (χ2v) is 11.4. The topological polar surface area (TPSA) is 96.6 Å². The van der Waals surface area contributed by atoms with Gasteiger partial charge in [0.25, 0.3) is 0 Å². The minimum atomic E-state index is -0.675. The summed E-state index contributed by atoms with van der Waals surface area (Å²) in [5.41, 5.74) is 2.79. The molecule has 0 saturated carbocycles. The van der Waals surface area contributed by atoms with E-state index in [1.54, 1.807) is 24.3 Å². The average molecular weight is 645 g/mol. The first kappa shape index (κ1) is 32.1. The Morgan fingerprint density at radius 1 is 0.646 bits per heavy atom. The van der Waals surface area contributed by atoms with Gasteiger partial charge in [0.2, 0.25) is 16.9 Å². The highest BCUT2D eigenvalue weighted by Gasteiger charge is 2.26. The molecule has 0 atom stereocenters. The summed E-state index contributed by atoms with van der Waals surface area (Å²) in [6.07, 6.45) is -0.319. The smallest absolute Gasteiger partial charge is 0.238 e. The zero-order valence-electron chi connectivity index (χ0n) is 27.0. The lowest BCUT2D eigenvalue weighted by Crippen LogP contribution is -2.12. The van der Waals surface area contributed by atoms with Crippen LogP contribution in [0.4, 0.5) is 0 Å². The Bertz CT molecular complexity index is 2040. The number of hydrogen-bond donors (Lipinski definition) is 1. The van der Waals surface area contributed by atoms with Gasteiger partial charge in [0, 0.05) is 11.6 Å². The fraction of sp³-hybridized carbons (Fsp3) is 0.175. The van der Waals surface area contributed by atoms with E-state index in [0.717, 1.165) is 16.7 Å². The maximum atomic E-state index is 13.9. The summed E-state index contributed by atoms with van der Waals surface area (Å²) < 4.78 is 36.6. The lowest BCUT2D eigenvalue weighted by Gasteiger charge is -2.19. The molecule has 0 saturated heterocycles. The first-order chi connectivity index (χ1) is 23.4. The van der Waals surface area contributed by atoms with E-state index in [4.69, 9.17) is 28.1 Å². The zero-order valence-corrected chi connectivity index (χ0v) is 27.0. The highest BCUT2D eigenvalue weighted by atomic mass is 16.5. The lowest BCUT2D eigenvalue weighted by atomic mass is 10.1. The van der Waals surface area contributed by atoms with Gasteiger partial charge in [0.05, 0.1) is 13.2 Å². The van der Waals surface area contributed by atoms with E-state index >= 15 is 0 Å². The molecule has 0 aliphatic rings. The second kappa shape index (κ2) is 14.7. The van der Waals surface area contributed by atoms with Gasteiger partial charge in [-0.15, -0.1) is 0 Å². The molecule has 6 rings (SSSR count). The van der Waals surface area contributed by atoms with E-state index in [-0.39, 0.29) is 47.5 Å². The van der Waals surface area contributed by atoms with E-state index in [2.05, 4.69) is 0 Å². The lowest BCUT2D eigenvalue weighted by molar-refractivity contribution is 0.224. The molecule has 8 nitrogen and oxygen atoms in total. The number of ether oxygens (including phenoxy) is 5. The van der Waals surface area contributed by atoms with Gasteiger partial charge < -0.3 is 33.2 Å². The van der Waals surface area contributed by atoms with Gasteiger partial charge in [-0.05, 0) is 48.7 Å². The fourth-order valence-electron chi connectivity index (χ4n) is 5.20. The number of aromatic hydroxyl groups is 1. The molecular weight excluding hydrogens is 608 g/mol. The minimum absolute atomic E-state index is 0.0391. The van der Waals surface area contributed by atoms with Gasteiger partial charge in [0.15, 0.2) is 28.8 Å². The van der Waals surface area contributed by atoms with Crippen molar-refractivity contribution < 1.29 is 33.2 Å². The van der Waals surface area contributed by atoms with Crippen molar-refractivity contribution in [3.05, 3.63) is 142 Å². The summed E-state index contributed by atoms with van der Waals surface area (Å²) in [4.78, 5) is 13.9. The minimum Gasteiger partial charge on any atom is -0.502 e. The molecule has 1 N–H and O–H groups in total. The maximum Gasteiger partial charge on any atom is 0.238 e. The highest BCUT2D eigenvalue weighted by molar-refractivity contribution is 5.92. The summed E-state index contributed by atoms with van der Waals surface area (Å²) in [6.45, 7) is 4.50. The van der Waals surface area contributed by atoms with E-state index in [1.165, 1.54) is 7.11 Å². The Kier molecular flexibility index (Phi) is 9.81. The molecule has 0 aliphatic carbocycles. The number of rotatable bonds is 13. The Morgan fingerprint density at radius 2 is 1.17 bits per heavy atom. The molecule has 0 amide bonds. The predicted octanol–water partition coefficient (Wildman–Crippen LogP) is 8.70. The Labute approximate surface area is 278 Å². The molecule has 8 heteroatoms. The number of fused-ring (bicyclic) bond motifs is 1. The van der Waals surface area contributed by atoms with E-state index in [0.29, 0.717) is 29.4 Å². The number of methoxy groups -OCH3 is 1. The van der Waals surface area contributed by atoms with Gasteiger partial charge in [-0.3, -0.25) is 4.79 Å². The molecule has 1 heterocycles. The normalized spacial score (nSPS) is 11.0. The maximum absolute atomic E-state index is 13.9. The molecule has 0 unspecified atom stereocenters. The molecule has 244 valence electrons. The first-order valence-electron chi connectivity index (χ1n) is 15.6. The van der Waals surface area contributed by atoms with E-state index in [9.17, 15) is 9.90 Å². The zero-order chi connectivity index (χ0) is 33.5. The summed E-state index contributed by atoms with van der Waals surface area (Å²) in [7, 11) is 1.47. The van der Waals surface area contributed by atoms with Gasteiger partial charge in [-0.2, -0.15) is 0 Å². The quantitative estimate of drug-likeness (QED) is 0.133. The van der Waals surface area contributed by atoms with Crippen LogP contribution in [0.3, 0.4) is 0 Å². The van der Waals surface area contributed by atoms with Crippen LogP contribution in [0.15, 0.2) is 124 Å². The third-order valence-corrected chi connectivity index (χ3v) is 7.51. The molecule has 6 aromatic rings. The molecule has 1 aromatic heterocycles. The van der Waals surface area contributed by atoms with E-state index < -0.39 is 11.2 Å². The van der Waals surface area contributed by atoms with Crippen molar-refractivity contribution in [2.45, 2.75) is 39.8 Å². The third kappa shape index (κ3) is 7.23. The van der Waals surface area contributed by atoms with Gasteiger partial charge in [-0.1, -0.05) is 91.0 Å². The van der Waals surface area contributed by atoms with Crippen LogP contribution < -0.4 is 29.1 Å². The van der Waals surface area contributed by atoms with Crippen LogP contribution in [0.5, 0.6) is 34.5 Å². The standard InChI is InChI=1S/C40H36O8/c1-26(2)47-40-35-33(22-34(39(40)43-3)46-25-29-17-11-6-12-18-29)48-38(37(42)36(35)41)30-19-20-31(44-23-27-13-7-4-8-14-27)32(21-30)45-24-28-15-9-5-10-16-28/h4-22,26,42H,23-25H2,1-3H3. The predicted molar refractivity (Wildman–Crippen MR) is 184 cm³/mol. The van der Waals surface area contributed by atoms with Crippen LogP contribution >= 0.6 is 0 Å². The highest BCUT2D eigenvalue weighted by Crippen LogP contribution is 2.46. The summed E-state index contributed by atoms with van der Waals surface area (Å²) in [5, 5.41) is 11.3. The van der Waals surface area contributed by atoms with Crippen molar-refractivity contribution in [1.82, 2.24) is 0 Å². The number of benzene rings is 5. The molecule has 0 bridgehead atoms. The van der Waals surface area contributed by atoms with Gasteiger partial charge in [-0.25, -0.2) is 0 Å². The van der Waals surface area contributed by atoms with Crippen molar-refractivity contribution in [3.8, 4) is 45.8 Å². The Hall–Kier alpha value is -5.89. The second-order valence-electron chi connectivity index (χ2n) is 11.4. The van der Waals surface area contributed by atoms with E-state index in [1.807, 2.05) is 105 Å². The van der Waals surface area contributed by atoms with Gasteiger partial charge >= 0.3 is 0 Å². The molecular formula is C40H36O8. The molecule has 0 aliphatic heterocycles. The third-order valence-electron chi connectivity index (χ3n) is 7.51. The Balaban J connectivity index is 1.43. The monoisotopic (exact) mass is 644 g/mol. The van der Waals surface area contributed by atoms with Crippen molar-refractivity contribution in [3.63, 3.8) is 0 Å². The van der Waals surface area contributed by atoms with Crippen molar-refractivity contribution in [2.24, 2.45) is 0 Å². The Morgan fingerprint density at radius 3 is 1.69 bits per heavy atom. The molecule has 0 spiro atoms. The SMILES string of the molecule is COc1c(OCc2ccccc2)cc2oc(-c3ccc(OCc4ccccc4)c(OCc4ccccc4)c3)c(O)c(=O)c2c1OC(C)C. The summed E-state index contributed by atoms with van der Waals surface area (Å²) in [6, 6.07) is 35.9. The van der Waals surface area contributed by atoms with Crippen LogP contribution in [0, 0.1) is 0 Å². The fourth-order valence-corrected chi connectivity index (χ4v) is 5.20. The van der Waals surface area contributed by atoms with Crippen LogP contribution in [-0.4, -0.2) is 18.3 Å². The van der Waals surface area contributed by atoms with Crippen LogP contribution in [0.1, 0.15) is 30.5 Å². The average Bonchev–Trinajstić information content (AvgIpc) is 3.11. The molecule has 48 heavy (non-hydrogen) atoms. The van der Waals surface area contributed by atoms with Crippen LogP contribution in [-0.2, 0) is 19.8 Å².